The Bertz CT molecular complexity index is 1470. The van der Waals surface area contributed by atoms with Crippen molar-refractivity contribution >= 4 is 22.8 Å². The zero-order chi connectivity index (χ0) is 24.6. The molecule has 0 saturated carbocycles. The summed E-state index contributed by atoms with van der Waals surface area (Å²) >= 11 is 0. The zero-order valence-electron chi connectivity index (χ0n) is 18.8. The smallest absolute Gasteiger partial charge is 0.434 e. The van der Waals surface area contributed by atoms with Crippen LogP contribution in [-0.4, -0.2) is 36.7 Å². The maximum Gasteiger partial charge on any atom is 0.434 e. The van der Waals surface area contributed by atoms with E-state index >= 15 is 4.48 Å². The highest BCUT2D eigenvalue weighted by atomic mass is 19.2. The molecule has 10 nitrogen and oxygen atoms in total. The number of para-hydroxylation sites is 2. The van der Waals surface area contributed by atoms with E-state index in [9.17, 15) is 10.1 Å². The molecule has 0 radical (unpaired) electrons. The number of nitrogens with zero attached hydrogens (tertiary/aromatic N) is 6. The maximum atomic E-state index is 16.0. The summed E-state index contributed by atoms with van der Waals surface area (Å²) < 4.78 is 25.4. The highest BCUT2D eigenvalue weighted by molar-refractivity contribution is 5.89. The van der Waals surface area contributed by atoms with Crippen LogP contribution < -0.4 is 10.5 Å². The molecule has 2 N–H and O–H groups in total. The van der Waals surface area contributed by atoms with Crippen LogP contribution in [0.25, 0.3) is 10.9 Å². The van der Waals surface area contributed by atoms with Gasteiger partial charge >= 0.3 is 5.95 Å². The number of hydrogen-bond acceptors (Lipinski definition) is 7. The number of aromatic nitrogens is 3. The molecule has 1 aliphatic rings. The standard InChI is InChI=1S/C24H22FN7O3/c1-29-16-19(17-6-2-4-8-20(17)29)24(10-11-27-22(26)31(24)25)18-7-3-5-9-21(18)35-15-14-30-13-12-28-23(30)32(33)34/h2-13,16H,14-15H2,1H3,(H2,26,27). The van der Waals surface area contributed by atoms with Crippen molar-refractivity contribution in [3.05, 3.63) is 101 Å². The van der Waals surface area contributed by atoms with Crippen LogP contribution in [0, 0.1) is 10.1 Å². The molecule has 2 aromatic heterocycles. The molecule has 1 atom stereocenters. The Morgan fingerprint density at radius 1 is 1.17 bits per heavy atom. The number of aryl methyl sites for hydroxylation is 1. The van der Waals surface area contributed by atoms with Crippen molar-refractivity contribution in [1.82, 2.24) is 19.2 Å². The van der Waals surface area contributed by atoms with Crippen molar-refractivity contribution in [3.8, 4) is 5.75 Å². The van der Waals surface area contributed by atoms with Gasteiger partial charge in [-0.2, -0.15) is 5.12 Å². The number of aliphatic imine (C=N–C) groups is 1. The summed E-state index contributed by atoms with van der Waals surface area (Å²) in [6, 6.07) is 14.8. The second-order valence-corrected chi connectivity index (χ2v) is 8.04. The summed E-state index contributed by atoms with van der Waals surface area (Å²) in [6.07, 6.45) is 7.87. The summed E-state index contributed by atoms with van der Waals surface area (Å²) in [5.74, 6) is -0.155. The van der Waals surface area contributed by atoms with Crippen molar-refractivity contribution in [2.75, 3.05) is 6.61 Å². The third-order valence-corrected chi connectivity index (χ3v) is 6.09. The van der Waals surface area contributed by atoms with E-state index in [2.05, 4.69) is 9.98 Å². The predicted octanol–water partition coefficient (Wildman–Crippen LogP) is 3.63. The molecule has 0 saturated heterocycles. The third-order valence-electron chi connectivity index (χ3n) is 6.09. The van der Waals surface area contributed by atoms with Gasteiger partial charge in [-0.15, -0.1) is 0 Å². The summed E-state index contributed by atoms with van der Waals surface area (Å²) in [5, 5.41) is 12.4. The molecule has 0 fully saturated rings. The minimum atomic E-state index is -1.45. The van der Waals surface area contributed by atoms with Gasteiger partial charge in [-0.3, -0.25) is 0 Å². The fourth-order valence-electron chi connectivity index (χ4n) is 4.51. The molecule has 5 rings (SSSR count). The molecule has 0 bridgehead atoms. The molecule has 0 spiro atoms. The lowest BCUT2D eigenvalue weighted by molar-refractivity contribution is -0.396. The molecule has 178 valence electrons. The van der Waals surface area contributed by atoms with E-state index in [1.807, 2.05) is 42.1 Å². The topological polar surface area (TPSA) is 117 Å². The molecule has 0 aliphatic carbocycles. The van der Waals surface area contributed by atoms with Crippen LogP contribution in [-0.2, 0) is 19.1 Å². The molecule has 2 aromatic carbocycles. The summed E-state index contributed by atoms with van der Waals surface area (Å²) in [4.78, 5) is 18.3. The average molecular weight is 475 g/mol. The highest BCUT2D eigenvalue weighted by Crippen LogP contribution is 2.46. The monoisotopic (exact) mass is 475 g/mol. The lowest BCUT2D eigenvalue weighted by atomic mass is 9.81. The minimum absolute atomic E-state index is 0.0966. The Morgan fingerprint density at radius 3 is 2.77 bits per heavy atom. The molecule has 11 heteroatoms. The number of fused-ring (bicyclic) bond motifs is 1. The number of hydrogen-bond donors (Lipinski definition) is 1. The molecular weight excluding hydrogens is 453 g/mol. The van der Waals surface area contributed by atoms with Crippen molar-refractivity contribution in [2.45, 2.75) is 12.1 Å². The van der Waals surface area contributed by atoms with Crippen LogP contribution in [0.2, 0.25) is 0 Å². The quantitative estimate of drug-likeness (QED) is 0.248. The van der Waals surface area contributed by atoms with Crippen molar-refractivity contribution in [1.29, 1.82) is 0 Å². The van der Waals surface area contributed by atoms with Crippen molar-refractivity contribution in [2.24, 2.45) is 17.8 Å². The second kappa shape index (κ2) is 8.60. The SMILES string of the molecule is Cn1cc(C2(c3ccccc3OCCn3ccnc3[N+](=O)[O-])C=CN=C(N)N2F)c2ccccc21. The van der Waals surface area contributed by atoms with Crippen LogP contribution in [0.1, 0.15) is 11.1 Å². The summed E-state index contributed by atoms with van der Waals surface area (Å²) in [7, 11) is 1.90. The molecule has 3 heterocycles. The normalized spacial score (nSPS) is 17.5. The number of nitro groups is 1. The Morgan fingerprint density at radius 2 is 1.94 bits per heavy atom. The van der Waals surface area contributed by atoms with Gasteiger partial charge in [-0.1, -0.05) is 45.9 Å². The molecule has 4 aromatic rings. The van der Waals surface area contributed by atoms with Gasteiger partial charge in [0.1, 0.15) is 31.3 Å². The van der Waals surface area contributed by atoms with Gasteiger partial charge in [0, 0.05) is 41.5 Å². The first-order chi connectivity index (χ1) is 16.9. The first-order valence-corrected chi connectivity index (χ1v) is 10.8. The maximum absolute atomic E-state index is 16.0. The number of halogens is 1. The first kappa shape index (κ1) is 22.1. The van der Waals surface area contributed by atoms with E-state index < -0.39 is 10.5 Å². The largest absolute Gasteiger partial charge is 0.490 e. The summed E-state index contributed by atoms with van der Waals surface area (Å²) in [6.45, 7) is 0.282. The first-order valence-electron chi connectivity index (χ1n) is 10.8. The lowest BCUT2D eigenvalue weighted by Crippen LogP contribution is -2.49. The number of nitrogens with two attached hydrogens (primary N) is 1. The number of rotatable bonds is 7. The van der Waals surface area contributed by atoms with Crippen LogP contribution in [0.5, 0.6) is 5.75 Å². The van der Waals surface area contributed by atoms with Gasteiger partial charge in [-0.05, 0) is 23.1 Å². The van der Waals surface area contributed by atoms with Gasteiger partial charge in [-0.25, -0.2) is 9.56 Å². The Hall–Kier alpha value is -4.67. The van der Waals surface area contributed by atoms with E-state index in [-0.39, 0.29) is 25.1 Å². The van der Waals surface area contributed by atoms with E-state index in [1.54, 1.807) is 30.3 Å². The van der Waals surface area contributed by atoms with Gasteiger partial charge in [0.25, 0.3) is 0 Å². The predicted molar refractivity (Wildman–Crippen MR) is 128 cm³/mol. The van der Waals surface area contributed by atoms with Crippen molar-refractivity contribution < 1.29 is 14.1 Å². The molecular formula is C24H22FN7O3. The van der Waals surface area contributed by atoms with E-state index in [4.69, 9.17) is 10.5 Å². The van der Waals surface area contributed by atoms with E-state index in [0.29, 0.717) is 22.0 Å². The average Bonchev–Trinajstić information content (AvgIpc) is 3.47. The fourth-order valence-corrected chi connectivity index (χ4v) is 4.51. The van der Waals surface area contributed by atoms with Gasteiger partial charge < -0.3 is 25.2 Å². The van der Waals surface area contributed by atoms with E-state index in [1.165, 1.54) is 23.2 Å². The van der Waals surface area contributed by atoms with E-state index in [0.717, 1.165) is 10.9 Å². The van der Waals surface area contributed by atoms with Crippen LogP contribution in [0.15, 0.2) is 84.4 Å². The van der Waals surface area contributed by atoms with Crippen LogP contribution in [0.3, 0.4) is 0 Å². The zero-order valence-corrected chi connectivity index (χ0v) is 18.8. The van der Waals surface area contributed by atoms with Gasteiger partial charge in [0.05, 0.1) is 0 Å². The Labute approximate surface area is 199 Å². The second-order valence-electron chi connectivity index (χ2n) is 8.04. The molecule has 1 aliphatic heterocycles. The Balaban J connectivity index is 1.59. The van der Waals surface area contributed by atoms with Gasteiger partial charge in [0.2, 0.25) is 5.96 Å². The molecule has 1 unspecified atom stereocenters. The van der Waals surface area contributed by atoms with Crippen LogP contribution >= 0.6 is 0 Å². The third kappa shape index (κ3) is 3.57. The molecule has 35 heavy (non-hydrogen) atoms. The fraction of sp³-hybridized carbons (Fsp3) is 0.167. The number of ether oxygens (including phenoxy) is 1. The lowest BCUT2D eigenvalue weighted by Gasteiger charge is -2.38. The Kier molecular flexibility index (Phi) is 5.44. The highest BCUT2D eigenvalue weighted by Gasteiger charge is 2.46. The number of benzene rings is 2. The minimum Gasteiger partial charge on any atom is -0.490 e. The van der Waals surface area contributed by atoms with Crippen LogP contribution in [0.4, 0.5) is 10.4 Å². The number of imidazole rings is 1. The number of guanidine groups is 1. The van der Waals surface area contributed by atoms with Gasteiger partial charge in [0.15, 0.2) is 5.54 Å². The van der Waals surface area contributed by atoms with Crippen molar-refractivity contribution in [3.63, 3.8) is 0 Å². The molecule has 0 amide bonds. The summed E-state index contributed by atoms with van der Waals surface area (Å²) in [5.41, 5.74) is 6.61.